The molecule has 0 unspecified atom stereocenters. The molecule has 5 rings (SSSR count). The van der Waals surface area contributed by atoms with Crippen LogP contribution in [0, 0.1) is 0 Å². The molecule has 3 N–H and O–H groups in total. The molecule has 8 nitrogen and oxygen atoms in total. The first kappa shape index (κ1) is 23.1. The molecule has 0 bridgehead atoms. The van der Waals surface area contributed by atoms with Gasteiger partial charge in [-0.2, -0.15) is 0 Å². The maximum Gasteiger partial charge on any atom is 0.266 e. The zero-order valence-electron chi connectivity index (χ0n) is 18.5. The van der Waals surface area contributed by atoms with Gasteiger partial charge >= 0.3 is 0 Å². The van der Waals surface area contributed by atoms with Crippen LogP contribution in [0.4, 0.5) is 5.82 Å². The first-order valence-electron chi connectivity index (χ1n) is 11.3. The monoisotopic (exact) mass is 501 g/mol. The van der Waals surface area contributed by atoms with Crippen molar-refractivity contribution in [1.29, 1.82) is 0 Å². The van der Waals surface area contributed by atoms with Crippen LogP contribution in [0.2, 0.25) is 10.0 Å². The first-order chi connectivity index (χ1) is 16.5. The van der Waals surface area contributed by atoms with Crippen molar-refractivity contribution in [2.45, 2.75) is 44.3 Å². The van der Waals surface area contributed by atoms with E-state index in [9.17, 15) is 4.79 Å². The highest BCUT2D eigenvalue weighted by Crippen LogP contribution is 2.46. The molecular formula is C24H25Cl2N5O3. The maximum atomic E-state index is 11.6. The van der Waals surface area contributed by atoms with E-state index in [0.29, 0.717) is 39.4 Å². The van der Waals surface area contributed by atoms with E-state index >= 15 is 0 Å². The minimum Gasteiger partial charge on any atom is -0.373 e. The summed E-state index contributed by atoms with van der Waals surface area (Å²) >= 11 is 12.9. The third-order valence-electron chi connectivity index (χ3n) is 6.34. The van der Waals surface area contributed by atoms with Gasteiger partial charge in [-0.25, -0.2) is 10.8 Å². The Morgan fingerprint density at radius 3 is 2.50 bits per heavy atom. The molecule has 2 aromatic heterocycles. The summed E-state index contributed by atoms with van der Waals surface area (Å²) in [5.41, 5.74) is 4.84. The topological polar surface area (TPSA) is 107 Å². The van der Waals surface area contributed by atoms with E-state index in [-0.39, 0.29) is 12.0 Å². The molecule has 3 aromatic rings. The number of anilines is 1. The lowest BCUT2D eigenvalue weighted by molar-refractivity contribution is 0.0245. The predicted octanol–water partition coefficient (Wildman–Crippen LogP) is 4.71. The Morgan fingerprint density at radius 1 is 1.15 bits per heavy atom. The summed E-state index contributed by atoms with van der Waals surface area (Å²) in [6.45, 7) is 2.02. The summed E-state index contributed by atoms with van der Waals surface area (Å²) in [6.07, 6.45) is 5.55. The van der Waals surface area contributed by atoms with Crippen molar-refractivity contribution in [2.24, 2.45) is 5.84 Å². The van der Waals surface area contributed by atoms with Crippen LogP contribution >= 0.6 is 23.2 Å². The average Bonchev–Trinajstić information content (AvgIpc) is 3.63. The summed E-state index contributed by atoms with van der Waals surface area (Å²) in [5, 5.41) is 5.42. The number of nitrogens with zero attached hydrogens (tertiary/aromatic N) is 3. The van der Waals surface area contributed by atoms with E-state index in [2.05, 4.69) is 20.5 Å². The second-order valence-corrected chi connectivity index (χ2v) is 9.44. The number of amides is 1. The number of nitrogens with one attached hydrogen (secondary N) is 1. The molecular weight excluding hydrogens is 477 g/mol. The Kier molecular flexibility index (Phi) is 6.74. The molecule has 10 heteroatoms. The highest BCUT2D eigenvalue weighted by molar-refractivity contribution is 6.39. The van der Waals surface area contributed by atoms with Crippen molar-refractivity contribution in [3.63, 3.8) is 0 Å². The standard InChI is InChI=1S/C24H25Cl2N5O3/c25-18-2-1-3-19(26)21(18)22-17(23(34-30-22)14-4-5-14)13-33-16-8-10-31(11-9-16)20-7-6-15(12-28-20)24(32)29-27/h1-3,6-7,12,14,16H,4-5,8-11,13,27H2,(H,29,32). The van der Waals surface area contributed by atoms with Gasteiger partial charge in [0.1, 0.15) is 17.3 Å². The van der Waals surface area contributed by atoms with Crippen LogP contribution in [-0.2, 0) is 11.3 Å². The van der Waals surface area contributed by atoms with Crippen molar-refractivity contribution < 1.29 is 14.1 Å². The number of hydrazine groups is 1. The van der Waals surface area contributed by atoms with Crippen molar-refractivity contribution in [1.82, 2.24) is 15.6 Å². The second-order valence-electron chi connectivity index (χ2n) is 8.62. The quantitative estimate of drug-likeness (QED) is 0.274. The minimum atomic E-state index is -0.358. The highest BCUT2D eigenvalue weighted by Gasteiger charge is 2.34. The van der Waals surface area contributed by atoms with Gasteiger partial charge in [-0.15, -0.1) is 0 Å². The van der Waals surface area contributed by atoms with Gasteiger partial charge in [-0.1, -0.05) is 34.4 Å². The molecule has 3 heterocycles. The molecule has 178 valence electrons. The molecule has 1 aliphatic heterocycles. The molecule has 0 radical (unpaired) electrons. The Labute approximate surface area is 207 Å². The van der Waals surface area contributed by atoms with Gasteiger partial charge in [0.25, 0.3) is 5.91 Å². The summed E-state index contributed by atoms with van der Waals surface area (Å²) in [7, 11) is 0. The van der Waals surface area contributed by atoms with Gasteiger partial charge in [0.15, 0.2) is 0 Å². The van der Waals surface area contributed by atoms with Crippen LogP contribution in [0.3, 0.4) is 0 Å². The van der Waals surface area contributed by atoms with Gasteiger partial charge < -0.3 is 14.2 Å². The number of pyridine rings is 1. The normalized spacial score (nSPS) is 16.6. The fourth-order valence-corrected chi connectivity index (χ4v) is 4.87. The maximum absolute atomic E-state index is 11.6. The molecule has 1 amide bonds. The highest BCUT2D eigenvalue weighted by atomic mass is 35.5. The number of rotatable bonds is 7. The number of ether oxygens (including phenoxy) is 1. The fraction of sp³-hybridized carbons (Fsp3) is 0.375. The van der Waals surface area contributed by atoms with E-state index in [0.717, 1.165) is 55.9 Å². The molecule has 1 saturated heterocycles. The van der Waals surface area contributed by atoms with Crippen molar-refractivity contribution in [3.8, 4) is 11.3 Å². The number of aromatic nitrogens is 2. The molecule has 34 heavy (non-hydrogen) atoms. The SMILES string of the molecule is NNC(=O)c1ccc(N2CCC(OCc3c(-c4c(Cl)cccc4Cl)noc3C3CC3)CC2)nc1. The number of halogens is 2. The molecule has 0 spiro atoms. The fourth-order valence-electron chi connectivity index (χ4n) is 4.29. The van der Waals surface area contributed by atoms with Crippen LogP contribution in [-0.4, -0.2) is 35.2 Å². The van der Waals surface area contributed by atoms with Gasteiger partial charge in [0.2, 0.25) is 0 Å². The number of hydrogen-bond donors (Lipinski definition) is 2. The largest absolute Gasteiger partial charge is 0.373 e. The van der Waals surface area contributed by atoms with E-state index in [1.54, 1.807) is 18.2 Å². The second kappa shape index (κ2) is 9.92. The smallest absolute Gasteiger partial charge is 0.266 e. The molecule has 1 saturated carbocycles. The predicted molar refractivity (Wildman–Crippen MR) is 130 cm³/mol. The van der Waals surface area contributed by atoms with Crippen LogP contribution in [0.5, 0.6) is 0 Å². The molecule has 1 aromatic carbocycles. The minimum absolute atomic E-state index is 0.107. The number of carbonyl (C=O) groups excluding carboxylic acids is 1. The molecule has 0 atom stereocenters. The van der Waals surface area contributed by atoms with Gasteiger partial charge in [0, 0.05) is 36.3 Å². The van der Waals surface area contributed by atoms with E-state index in [1.807, 2.05) is 12.1 Å². The number of carbonyl (C=O) groups is 1. The lowest BCUT2D eigenvalue weighted by Gasteiger charge is -2.32. The summed E-state index contributed by atoms with van der Waals surface area (Å²) in [5.74, 6) is 6.92. The van der Waals surface area contributed by atoms with Crippen LogP contribution in [0.15, 0.2) is 41.1 Å². The molecule has 1 aliphatic carbocycles. The Morgan fingerprint density at radius 2 is 1.88 bits per heavy atom. The Hall–Kier alpha value is -2.65. The zero-order valence-corrected chi connectivity index (χ0v) is 20.0. The summed E-state index contributed by atoms with van der Waals surface area (Å²) in [6, 6.07) is 8.98. The number of nitrogens with two attached hydrogens (primary N) is 1. The van der Waals surface area contributed by atoms with Crippen molar-refractivity contribution >= 4 is 34.9 Å². The van der Waals surface area contributed by atoms with E-state index < -0.39 is 0 Å². The number of benzene rings is 1. The van der Waals surface area contributed by atoms with Crippen LogP contribution in [0.25, 0.3) is 11.3 Å². The van der Waals surface area contributed by atoms with Gasteiger partial charge in [0.05, 0.1) is 28.3 Å². The average molecular weight is 502 g/mol. The summed E-state index contributed by atoms with van der Waals surface area (Å²) in [4.78, 5) is 18.2. The van der Waals surface area contributed by atoms with Crippen molar-refractivity contribution in [3.05, 3.63) is 63.5 Å². The Balaban J connectivity index is 1.24. The van der Waals surface area contributed by atoms with Gasteiger partial charge in [-0.05, 0) is 49.9 Å². The van der Waals surface area contributed by atoms with Gasteiger partial charge in [-0.3, -0.25) is 10.2 Å². The van der Waals surface area contributed by atoms with Crippen LogP contribution in [0.1, 0.15) is 53.3 Å². The summed E-state index contributed by atoms with van der Waals surface area (Å²) < 4.78 is 12.1. The molecule has 2 aliphatic rings. The zero-order chi connectivity index (χ0) is 23.7. The lowest BCUT2D eigenvalue weighted by atomic mass is 10.0. The molecule has 2 fully saturated rings. The number of piperidine rings is 1. The third-order valence-corrected chi connectivity index (χ3v) is 6.97. The Bertz CT molecular complexity index is 1150. The first-order valence-corrected chi connectivity index (χ1v) is 12.1. The number of hydrogen-bond acceptors (Lipinski definition) is 7. The third kappa shape index (κ3) is 4.77. The lowest BCUT2D eigenvalue weighted by Crippen LogP contribution is -2.37. The van der Waals surface area contributed by atoms with E-state index in [4.69, 9.17) is 38.3 Å². The van der Waals surface area contributed by atoms with E-state index in [1.165, 1.54) is 6.20 Å². The van der Waals surface area contributed by atoms with Crippen LogP contribution < -0.4 is 16.2 Å². The van der Waals surface area contributed by atoms with Crippen molar-refractivity contribution in [2.75, 3.05) is 18.0 Å². The number of nitrogen functional groups attached to an aromatic ring is 1.